The van der Waals surface area contributed by atoms with Crippen LogP contribution in [0.1, 0.15) is 55.6 Å². The minimum Gasteiger partial charge on any atom is -0.374 e. The number of carbonyl (C=O) groups is 2. The lowest BCUT2D eigenvalue weighted by Gasteiger charge is -2.22. The van der Waals surface area contributed by atoms with Gasteiger partial charge in [-0.3, -0.25) is 9.59 Å². The Morgan fingerprint density at radius 2 is 1.92 bits per heavy atom. The lowest BCUT2D eigenvalue weighted by molar-refractivity contribution is -0.131. The van der Waals surface area contributed by atoms with Gasteiger partial charge in [0, 0.05) is 6.20 Å². The summed E-state index contributed by atoms with van der Waals surface area (Å²) in [6.07, 6.45) is 8.11. The normalized spacial score (nSPS) is 15.3. The van der Waals surface area contributed by atoms with Crippen LogP contribution in [0.4, 0.5) is 0 Å². The number of benzene rings is 2. The van der Waals surface area contributed by atoms with Crippen molar-refractivity contribution in [3.63, 3.8) is 0 Å². The van der Waals surface area contributed by atoms with Gasteiger partial charge in [0.1, 0.15) is 6.04 Å². The van der Waals surface area contributed by atoms with E-state index in [1.165, 1.54) is 30.9 Å². The lowest BCUT2D eigenvalue weighted by atomic mass is 10.1. The Morgan fingerprint density at radius 1 is 1.22 bits per heavy atom. The van der Waals surface area contributed by atoms with Gasteiger partial charge in [0.2, 0.25) is 5.91 Å². The SMILES string of the molecule is C=Cc1cn(C2CCc3ccccc32)cn1.CC(=O)[C@@H](COCc1ccccc1)NC(=O)C(C)(C)N. The van der Waals surface area contributed by atoms with Crippen LogP contribution in [-0.4, -0.2) is 39.4 Å². The molecule has 3 N–H and O–H groups in total. The number of nitrogens with two attached hydrogens (primary N) is 1. The van der Waals surface area contributed by atoms with Gasteiger partial charge in [-0.15, -0.1) is 0 Å². The summed E-state index contributed by atoms with van der Waals surface area (Å²) in [5, 5.41) is 2.60. The van der Waals surface area contributed by atoms with E-state index in [2.05, 4.69) is 51.9 Å². The number of carbonyl (C=O) groups excluding carboxylic acids is 2. The molecule has 0 fully saturated rings. The fraction of sp³-hybridized carbons (Fsp3) is 0.345. The molecule has 0 saturated carbocycles. The summed E-state index contributed by atoms with van der Waals surface area (Å²) < 4.78 is 7.68. The lowest BCUT2D eigenvalue weighted by Crippen LogP contribution is -2.54. The zero-order valence-electron chi connectivity index (χ0n) is 21.3. The molecule has 1 aliphatic carbocycles. The number of imidazole rings is 1. The van der Waals surface area contributed by atoms with Crippen LogP contribution in [0.3, 0.4) is 0 Å². The first kappa shape index (κ1) is 27.0. The average molecular weight is 489 g/mol. The van der Waals surface area contributed by atoms with E-state index in [9.17, 15) is 9.59 Å². The van der Waals surface area contributed by atoms with Gasteiger partial charge in [0.15, 0.2) is 5.78 Å². The number of nitrogens with one attached hydrogen (secondary N) is 1. The summed E-state index contributed by atoms with van der Waals surface area (Å²) in [6, 6.07) is 18.1. The average Bonchev–Trinajstić information content (AvgIpc) is 3.50. The quantitative estimate of drug-likeness (QED) is 0.473. The van der Waals surface area contributed by atoms with Crippen molar-refractivity contribution in [1.82, 2.24) is 14.9 Å². The van der Waals surface area contributed by atoms with Crippen LogP contribution < -0.4 is 11.1 Å². The van der Waals surface area contributed by atoms with Crippen molar-refractivity contribution in [2.24, 2.45) is 5.73 Å². The monoisotopic (exact) mass is 488 g/mol. The van der Waals surface area contributed by atoms with Gasteiger partial charge in [-0.1, -0.05) is 61.2 Å². The predicted octanol–water partition coefficient (Wildman–Crippen LogP) is 4.08. The van der Waals surface area contributed by atoms with Crippen LogP contribution >= 0.6 is 0 Å². The molecule has 1 amide bonds. The minimum absolute atomic E-state index is 0.131. The maximum absolute atomic E-state index is 11.8. The summed E-state index contributed by atoms with van der Waals surface area (Å²) >= 11 is 0. The second kappa shape index (κ2) is 12.4. The van der Waals surface area contributed by atoms with Crippen LogP contribution in [0.5, 0.6) is 0 Å². The van der Waals surface area contributed by atoms with Crippen molar-refractivity contribution in [2.75, 3.05) is 6.61 Å². The number of hydrogen-bond donors (Lipinski definition) is 2. The van der Waals surface area contributed by atoms with Gasteiger partial charge in [-0.25, -0.2) is 4.98 Å². The number of ketones is 1. The summed E-state index contributed by atoms with van der Waals surface area (Å²) in [6.45, 7) is 8.86. The van der Waals surface area contributed by atoms with Crippen LogP contribution in [0.2, 0.25) is 0 Å². The molecule has 7 heteroatoms. The number of hydrogen-bond acceptors (Lipinski definition) is 5. The van der Waals surface area contributed by atoms with Gasteiger partial charge in [0.25, 0.3) is 0 Å². The van der Waals surface area contributed by atoms with Gasteiger partial charge >= 0.3 is 0 Å². The van der Waals surface area contributed by atoms with E-state index in [-0.39, 0.29) is 18.3 Å². The fourth-order valence-corrected chi connectivity index (χ4v) is 3.95. The molecule has 1 aromatic heterocycles. The number of ether oxygens (including phenoxy) is 1. The van der Waals surface area contributed by atoms with Crippen LogP contribution in [0, 0.1) is 0 Å². The highest BCUT2D eigenvalue weighted by molar-refractivity contribution is 5.91. The topological polar surface area (TPSA) is 99.2 Å². The second-order valence-electron chi connectivity index (χ2n) is 9.56. The van der Waals surface area contributed by atoms with Crippen molar-refractivity contribution in [2.45, 2.75) is 57.8 Å². The molecular formula is C29H36N4O3. The predicted molar refractivity (Wildman–Crippen MR) is 142 cm³/mol. The first-order valence-electron chi connectivity index (χ1n) is 12.1. The molecule has 36 heavy (non-hydrogen) atoms. The molecule has 2 atom stereocenters. The van der Waals surface area contributed by atoms with Crippen molar-refractivity contribution < 1.29 is 14.3 Å². The third-order valence-corrected chi connectivity index (χ3v) is 6.07. The number of rotatable bonds is 9. The molecule has 1 aliphatic rings. The molecule has 1 heterocycles. The van der Waals surface area contributed by atoms with E-state index in [4.69, 9.17) is 10.5 Å². The van der Waals surface area contributed by atoms with Gasteiger partial charge in [0.05, 0.1) is 36.8 Å². The van der Waals surface area contributed by atoms with Gasteiger partial charge in [-0.2, -0.15) is 0 Å². The summed E-state index contributed by atoms with van der Waals surface area (Å²) in [4.78, 5) is 27.6. The van der Waals surface area contributed by atoms with E-state index in [0.717, 1.165) is 11.3 Å². The molecule has 0 radical (unpaired) electrons. The van der Waals surface area contributed by atoms with E-state index in [0.29, 0.717) is 12.6 Å². The molecular weight excluding hydrogens is 452 g/mol. The summed E-state index contributed by atoms with van der Waals surface area (Å²) in [7, 11) is 0. The summed E-state index contributed by atoms with van der Waals surface area (Å²) in [5.74, 6) is -0.531. The second-order valence-corrected chi connectivity index (χ2v) is 9.56. The Morgan fingerprint density at radius 3 is 2.56 bits per heavy atom. The third kappa shape index (κ3) is 7.47. The Balaban J connectivity index is 0.000000204. The smallest absolute Gasteiger partial charge is 0.240 e. The van der Waals surface area contributed by atoms with Crippen molar-refractivity contribution in [3.8, 4) is 0 Å². The van der Waals surface area contributed by atoms with Gasteiger partial charge < -0.3 is 20.4 Å². The standard InChI is InChI=1S/C15H22N2O3.C14H14N2/c1-11(18)13(17-14(19)15(2,3)16)10-20-9-12-7-5-4-6-8-12;1-2-12-9-16(10-15-12)14-8-7-11-5-3-4-6-13(11)14/h4-8,13H,9-10,16H2,1-3H3,(H,17,19);2-6,9-10,14H,1,7-8H2/t13-;/m1./s1. The Bertz CT molecular complexity index is 1160. The number of aryl methyl sites for hydroxylation is 1. The minimum atomic E-state index is -1.02. The van der Waals surface area contributed by atoms with Gasteiger partial charge in [-0.05, 0) is 56.4 Å². The number of fused-ring (bicyclic) bond motifs is 1. The van der Waals surface area contributed by atoms with Crippen molar-refractivity contribution >= 4 is 17.8 Å². The molecule has 0 spiro atoms. The molecule has 7 nitrogen and oxygen atoms in total. The number of amides is 1. The van der Waals surface area contributed by atoms with Crippen LogP contribution in [0.15, 0.2) is 73.7 Å². The molecule has 190 valence electrons. The third-order valence-electron chi connectivity index (χ3n) is 6.07. The zero-order valence-corrected chi connectivity index (χ0v) is 21.3. The maximum Gasteiger partial charge on any atom is 0.240 e. The number of aromatic nitrogens is 2. The first-order valence-corrected chi connectivity index (χ1v) is 12.1. The Kier molecular flexibility index (Phi) is 9.33. The van der Waals surface area contributed by atoms with Crippen LogP contribution in [-0.2, 0) is 27.4 Å². The molecule has 3 aromatic rings. The largest absolute Gasteiger partial charge is 0.374 e. The maximum atomic E-state index is 11.8. The van der Waals surface area contributed by atoms with Crippen LogP contribution in [0.25, 0.3) is 6.08 Å². The molecule has 1 unspecified atom stereocenters. The molecule has 2 aromatic carbocycles. The highest BCUT2D eigenvalue weighted by Gasteiger charge is 2.26. The summed E-state index contributed by atoms with van der Waals surface area (Å²) in [5.41, 5.74) is 9.54. The zero-order chi connectivity index (χ0) is 26.1. The van der Waals surface area contributed by atoms with Crippen molar-refractivity contribution in [1.29, 1.82) is 0 Å². The van der Waals surface area contributed by atoms with E-state index in [1.54, 1.807) is 19.9 Å². The van der Waals surface area contributed by atoms with E-state index >= 15 is 0 Å². The number of Topliss-reactive ketones (excluding diaryl/α,β-unsaturated/α-hetero) is 1. The highest BCUT2D eigenvalue weighted by atomic mass is 16.5. The van der Waals surface area contributed by atoms with Crippen molar-refractivity contribution in [3.05, 3.63) is 96.1 Å². The Hall–Kier alpha value is -3.55. The number of nitrogens with zero attached hydrogens (tertiary/aromatic N) is 2. The van der Waals surface area contributed by atoms with E-state index in [1.807, 2.05) is 36.7 Å². The fourth-order valence-electron chi connectivity index (χ4n) is 3.95. The molecule has 0 aliphatic heterocycles. The Labute approximate surface area is 213 Å². The molecule has 0 bridgehead atoms. The first-order chi connectivity index (χ1) is 17.2. The van der Waals surface area contributed by atoms with E-state index < -0.39 is 11.6 Å². The molecule has 0 saturated heterocycles. The molecule has 4 rings (SSSR count). The highest BCUT2D eigenvalue weighted by Crippen LogP contribution is 2.33.